The van der Waals surface area contributed by atoms with Crippen LogP contribution in [0.5, 0.6) is 5.75 Å². The topological polar surface area (TPSA) is 77.7 Å². The fourth-order valence-corrected chi connectivity index (χ4v) is 3.81. The van der Waals surface area contributed by atoms with Gasteiger partial charge in [-0.2, -0.15) is 0 Å². The number of carbonyl (C=O) groups is 1. The van der Waals surface area contributed by atoms with E-state index in [1.54, 1.807) is 4.90 Å². The van der Waals surface area contributed by atoms with E-state index in [-0.39, 0.29) is 18.1 Å². The van der Waals surface area contributed by atoms with Crippen LogP contribution >= 0.6 is 0 Å². The van der Waals surface area contributed by atoms with Crippen LogP contribution in [-0.2, 0) is 6.54 Å². The van der Waals surface area contributed by atoms with Gasteiger partial charge in [0.05, 0.1) is 13.2 Å². The summed E-state index contributed by atoms with van der Waals surface area (Å²) in [6.45, 7) is 10.4. The van der Waals surface area contributed by atoms with Gasteiger partial charge in [0.15, 0.2) is 0 Å². The van der Waals surface area contributed by atoms with Gasteiger partial charge in [0, 0.05) is 28.7 Å². The lowest BCUT2D eigenvalue weighted by atomic mass is 10.1. The van der Waals surface area contributed by atoms with Crippen LogP contribution < -0.4 is 15.6 Å². The second kappa shape index (κ2) is 12.1. The Morgan fingerprint density at radius 1 is 1.00 bits per heavy atom. The zero-order valence-corrected chi connectivity index (χ0v) is 19.8. The molecule has 0 unspecified atom stereocenters. The first kappa shape index (κ1) is 24.3. The molecule has 0 aliphatic heterocycles. The fraction of sp³-hybridized carbons (Fsp3) is 0.385. The second-order valence-electron chi connectivity index (χ2n) is 7.90. The standard InChI is InChI=1S/C26H34N4O3/c1-4-29(5-2)15-10-16-30(26(32)27-22-11-8-7-9-12-22)19-21-17-20-18-23(33-6-3)13-14-24(20)28-25(21)31/h7-9,11-14,17-18H,4-6,10,15-16,19H2,1-3H3,(H,27,32)(H,28,31). The smallest absolute Gasteiger partial charge is 0.322 e. The molecule has 176 valence electrons. The summed E-state index contributed by atoms with van der Waals surface area (Å²) in [6.07, 6.45) is 0.823. The minimum atomic E-state index is -0.219. The molecule has 0 radical (unpaired) electrons. The number of nitrogens with zero attached hydrogens (tertiary/aromatic N) is 2. The molecule has 0 aliphatic rings. The van der Waals surface area contributed by atoms with E-state index < -0.39 is 0 Å². The number of aromatic nitrogens is 1. The van der Waals surface area contributed by atoms with Crippen molar-refractivity contribution in [1.29, 1.82) is 0 Å². The van der Waals surface area contributed by atoms with E-state index in [1.165, 1.54) is 0 Å². The summed E-state index contributed by atoms with van der Waals surface area (Å²) >= 11 is 0. The van der Waals surface area contributed by atoms with Crippen molar-refractivity contribution in [3.8, 4) is 5.75 Å². The third-order valence-corrected chi connectivity index (χ3v) is 5.67. The number of urea groups is 1. The van der Waals surface area contributed by atoms with Crippen molar-refractivity contribution in [1.82, 2.24) is 14.8 Å². The van der Waals surface area contributed by atoms with Crippen molar-refractivity contribution in [2.24, 2.45) is 0 Å². The Morgan fingerprint density at radius 2 is 1.76 bits per heavy atom. The highest BCUT2D eigenvalue weighted by Gasteiger charge is 2.17. The molecule has 0 saturated heterocycles. The predicted molar refractivity (Wildman–Crippen MR) is 134 cm³/mol. The van der Waals surface area contributed by atoms with Crippen molar-refractivity contribution >= 4 is 22.6 Å². The summed E-state index contributed by atoms with van der Waals surface area (Å²) < 4.78 is 5.60. The lowest BCUT2D eigenvalue weighted by Crippen LogP contribution is -2.38. The Morgan fingerprint density at radius 3 is 2.45 bits per heavy atom. The van der Waals surface area contributed by atoms with Crippen molar-refractivity contribution in [3.63, 3.8) is 0 Å². The molecule has 1 heterocycles. The van der Waals surface area contributed by atoms with Gasteiger partial charge in [0.25, 0.3) is 5.56 Å². The highest BCUT2D eigenvalue weighted by Crippen LogP contribution is 2.20. The third kappa shape index (κ3) is 6.83. The number of carbonyl (C=O) groups excluding carboxylic acids is 1. The molecule has 7 heteroatoms. The number of hydrogen-bond donors (Lipinski definition) is 2. The first-order valence-electron chi connectivity index (χ1n) is 11.7. The molecule has 0 aliphatic carbocycles. The number of H-pyrrole nitrogens is 1. The number of nitrogens with one attached hydrogen (secondary N) is 2. The maximum atomic E-state index is 13.1. The van der Waals surface area contributed by atoms with E-state index in [4.69, 9.17) is 4.74 Å². The summed E-state index contributed by atoms with van der Waals surface area (Å²) in [6, 6.07) is 16.6. The van der Waals surface area contributed by atoms with Gasteiger partial charge in [-0.25, -0.2) is 4.79 Å². The second-order valence-corrected chi connectivity index (χ2v) is 7.90. The van der Waals surface area contributed by atoms with E-state index in [0.29, 0.717) is 18.7 Å². The highest BCUT2D eigenvalue weighted by molar-refractivity contribution is 5.89. The molecule has 0 saturated carbocycles. The number of fused-ring (bicyclic) bond motifs is 1. The van der Waals surface area contributed by atoms with Crippen LogP contribution in [-0.4, -0.2) is 53.6 Å². The van der Waals surface area contributed by atoms with Gasteiger partial charge < -0.3 is 24.8 Å². The normalized spacial score (nSPS) is 11.0. The molecule has 2 amide bonds. The maximum absolute atomic E-state index is 13.1. The molecule has 2 N–H and O–H groups in total. The van der Waals surface area contributed by atoms with E-state index in [9.17, 15) is 9.59 Å². The van der Waals surface area contributed by atoms with Gasteiger partial charge in [-0.15, -0.1) is 0 Å². The van der Waals surface area contributed by atoms with Crippen LogP contribution in [0.2, 0.25) is 0 Å². The van der Waals surface area contributed by atoms with E-state index in [2.05, 4.69) is 29.0 Å². The summed E-state index contributed by atoms with van der Waals surface area (Å²) in [5.41, 5.74) is 1.83. The van der Waals surface area contributed by atoms with Crippen LogP contribution in [0.3, 0.4) is 0 Å². The minimum absolute atomic E-state index is 0.187. The van der Waals surface area contributed by atoms with Crippen molar-refractivity contribution in [3.05, 3.63) is 70.5 Å². The molecular formula is C26H34N4O3. The molecule has 33 heavy (non-hydrogen) atoms. The van der Waals surface area contributed by atoms with Crippen molar-refractivity contribution in [2.45, 2.75) is 33.7 Å². The minimum Gasteiger partial charge on any atom is -0.494 e. The SMILES string of the molecule is CCOc1ccc2[nH]c(=O)c(CN(CCCN(CC)CC)C(=O)Nc3ccccc3)cc2c1. The molecule has 0 atom stereocenters. The Labute approximate surface area is 195 Å². The predicted octanol–water partition coefficient (Wildman–Crippen LogP) is 4.69. The number of ether oxygens (including phenoxy) is 1. The molecule has 0 bridgehead atoms. The first-order chi connectivity index (χ1) is 16.0. The largest absolute Gasteiger partial charge is 0.494 e. The Balaban J connectivity index is 1.82. The molecule has 3 rings (SSSR count). The van der Waals surface area contributed by atoms with Gasteiger partial charge in [-0.05, 0) is 69.4 Å². The molecule has 0 fully saturated rings. The van der Waals surface area contributed by atoms with E-state index in [0.717, 1.165) is 48.4 Å². The van der Waals surface area contributed by atoms with Crippen molar-refractivity contribution < 1.29 is 9.53 Å². The number of benzene rings is 2. The number of aromatic amines is 1. The lowest BCUT2D eigenvalue weighted by Gasteiger charge is -2.25. The highest BCUT2D eigenvalue weighted by atomic mass is 16.5. The van der Waals surface area contributed by atoms with Gasteiger partial charge in [-0.1, -0.05) is 32.0 Å². The van der Waals surface area contributed by atoms with E-state index >= 15 is 0 Å². The van der Waals surface area contributed by atoms with Gasteiger partial charge >= 0.3 is 6.03 Å². The summed E-state index contributed by atoms with van der Waals surface area (Å²) in [7, 11) is 0. The Bertz CT molecular complexity index is 1090. The summed E-state index contributed by atoms with van der Waals surface area (Å²) in [5.74, 6) is 0.751. The number of pyridine rings is 1. The van der Waals surface area contributed by atoms with E-state index in [1.807, 2.05) is 61.5 Å². The van der Waals surface area contributed by atoms with Crippen molar-refractivity contribution in [2.75, 3.05) is 38.1 Å². The molecule has 1 aromatic heterocycles. The molecule has 7 nitrogen and oxygen atoms in total. The fourth-order valence-electron chi connectivity index (χ4n) is 3.81. The van der Waals surface area contributed by atoms with Crippen LogP contribution in [0.1, 0.15) is 32.8 Å². The number of anilines is 1. The molecular weight excluding hydrogens is 416 g/mol. The Hall–Kier alpha value is -3.32. The van der Waals surface area contributed by atoms with Crippen LogP contribution in [0, 0.1) is 0 Å². The summed E-state index contributed by atoms with van der Waals surface area (Å²) in [5, 5.41) is 3.83. The molecule has 2 aromatic carbocycles. The number of hydrogen-bond acceptors (Lipinski definition) is 4. The first-order valence-corrected chi connectivity index (χ1v) is 11.7. The zero-order chi connectivity index (χ0) is 23.6. The molecule has 0 spiro atoms. The number of rotatable bonds is 11. The monoisotopic (exact) mass is 450 g/mol. The lowest BCUT2D eigenvalue weighted by molar-refractivity contribution is 0.202. The number of amides is 2. The Kier molecular flexibility index (Phi) is 8.89. The third-order valence-electron chi connectivity index (χ3n) is 5.67. The maximum Gasteiger partial charge on any atom is 0.322 e. The number of para-hydroxylation sites is 1. The molecule has 3 aromatic rings. The average molecular weight is 451 g/mol. The van der Waals surface area contributed by atoms with Gasteiger partial charge in [0.2, 0.25) is 0 Å². The van der Waals surface area contributed by atoms with Gasteiger partial charge in [-0.3, -0.25) is 4.79 Å². The van der Waals surface area contributed by atoms with Crippen LogP contribution in [0.4, 0.5) is 10.5 Å². The average Bonchev–Trinajstić information content (AvgIpc) is 2.82. The quantitative estimate of drug-likeness (QED) is 0.444. The van der Waals surface area contributed by atoms with Gasteiger partial charge in [0.1, 0.15) is 5.75 Å². The zero-order valence-electron chi connectivity index (χ0n) is 19.8. The summed E-state index contributed by atoms with van der Waals surface area (Å²) in [4.78, 5) is 32.9. The van der Waals surface area contributed by atoms with Crippen LogP contribution in [0.25, 0.3) is 10.9 Å². The van der Waals surface area contributed by atoms with Crippen LogP contribution in [0.15, 0.2) is 59.4 Å².